The second-order valence-corrected chi connectivity index (χ2v) is 4.75. The minimum absolute atomic E-state index is 0.00417. The van der Waals surface area contributed by atoms with E-state index >= 15 is 0 Å². The summed E-state index contributed by atoms with van der Waals surface area (Å²) in [6.45, 7) is 0.662. The maximum Gasteiger partial charge on any atom is 0.252 e. The number of hydrogen-bond donors (Lipinski definition) is 2. The zero-order valence-electron chi connectivity index (χ0n) is 10.1. The lowest BCUT2D eigenvalue weighted by Crippen LogP contribution is -2.22. The molecule has 0 spiro atoms. The maximum atomic E-state index is 12.0. The Hall–Kier alpha value is -1.87. The third kappa shape index (κ3) is 2.51. The second kappa shape index (κ2) is 4.78. The zero-order valence-corrected chi connectivity index (χ0v) is 10.1. The molecule has 3 rings (SSSR count). The summed E-state index contributed by atoms with van der Waals surface area (Å²) in [7, 11) is 0. The number of benzene rings is 1. The summed E-state index contributed by atoms with van der Waals surface area (Å²) in [5, 5.41) is 3.35. The summed E-state index contributed by atoms with van der Waals surface area (Å²) in [6.07, 6.45) is 2.47. The quantitative estimate of drug-likeness (QED) is 0.861. The predicted molar refractivity (Wildman–Crippen MR) is 72.4 cm³/mol. The first kappa shape index (κ1) is 11.2. The van der Waals surface area contributed by atoms with Gasteiger partial charge in [-0.05, 0) is 24.5 Å². The largest absolute Gasteiger partial charge is 0.322 e. The SMILES string of the molecule is O=c1[nH]c(-c2ccccc2)ccc1CNC1CC1. The lowest BCUT2D eigenvalue weighted by molar-refractivity contribution is 0.682. The molecule has 0 radical (unpaired) electrons. The van der Waals surface area contributed by atoms with E-state index in [2.05, 4.69) is 10.3 Å². The van der Waals surface area contributed by atoms with E-state index in [1.165, 1.54) is 12.8 Å². The fraction of sp³-hybridized carbons (Fsp3) is 0.267. The summed E-state index contributed by atoms with van der Waals surface area (Å²) in [6, 6.07) is 14.4. The van der Waals surface area contributed by atoms with E-state index in [4.69, 9.17) is 0 Å². The van der Waals surface area contributed by atoms with Crippen LogP contribution in [0.3, 0.4) is 0 Å². The fourth-order valence-electron chi connectivity index (χ4n) is 1.97. The van der Waals surface area contributed by atoms with Crippen LogP contribution in [0, 0.1) is 0 Å². The van der Waals surface area contributed by atoms with Crippen molar-refractivity contribution in [2.75, 3.05) is 0 Å². The van der Waals surface area contributed by atoms with Gasteiger partial charge in [-0.1, -0.05) is 36.4 Å². The van der Waals surface area contributed by atoms with Crippen LogP contribution in [-0.2, 0) is 6.54 Å². The molecule has 0 atom stereocenters. The van der Waals surface area contributed by atoms with Gasteiger partial charge in [-0.15, -0.1) is 0 Å². The van der Waals surface area contributed by atoms with Crippen LogP contribution in [0.2, 0.25) is 0 Å². The Labute approximate surface area is 106 Å². The van der Waals surface area contributed by atoms with Gasteiger partial charge < -0.3 is 10.3 Å². The Morgan fingerprint density at radius 2 is 1.89 bits per heavy atom. The Morgan fingerprint density at radius 3 is 2.56 bits per heavy atom. The summed E-state index contributed by atoms with van der Waals surface area (Å²) < 4.78 is 0. The summed E-state index contributed by atoms with van der Waals surface area (Å²) in [4.78, 5) is 14.9. The van der Waals surface area contributed by atoms with Gasteiger partial charge in [0.1, 0.15) is 0 Å². The molecule has 0 aliphatic heterocycles. The van der Waals surface area contributed by atoms with Crippen molar-refractivity contribution in [3.05, 3.63) is 58.4 Å². The molecule has 3 heteroatoms. The molecule has 1 fully saturated rings. The fourth-order valence-corrected chi connectivity index (χ4v) is 1.97. The van der Waals surface area contributed by atoms with Crippen LogP contribution < -0.4 is 10.9 Å². The van der Waals surface area contributed by atoms with Crippen LogP contribution in [0.4, 0.5) is 0 Å². The van der Waals surface area contributed by atoms with E-state index in [-0.39, 0.29) is 5.56 Å². The molecule has 1 saturated carbocycles. The first-order chi connectivity index (χ1) is 8.83. The smallest absolute Gasteiger partial charge is 0.252 e. The first-order valence-corrected chi connectivity index (χ1v) is 6.34. The van der Waals surface area contributed by atoms with Crippen molar-refractivity contribution in [2.24, 2.45) is 0 Å². The van der Waals surface area contributed by atoms with Crippen LogP contribution in [0.25, 0.3) is 11.3 Å². The van der Waals surface area contributed by atoms with Crippen molar-refractivity contribution in [3.8, 4) is 11.3 Å². The minimum atomic E-state index is 0.00417. The van der Waals surface area contributed by atoms with Crippen LogP contribution >= 0.6 is 0 Å². The van der Waals surface area contributed by atoms with Gasteiger partial charge in [0.2, 0.25) is 0 Å². The highest BCUT2D eigenvalue weighted by Gasteiger charge is 2.20. The van der Waals surface area contributed by atoms with E-state index in [1.54, 1.807) is 0 Å². The maximum absolute atomic E-state index is 12.0. The number of hydrogen-bond acceptors (Lipinski definition) is 2. The normalized spacial score (nSPS) is 14.7. The van der Waals surface area contributed by atoms with Crippen molar-refractivity contribution >= 4 is 0 Å². The predicted octanol–water partition coefficient (Wildman–Crippen LogP) is 2.29. The van der Waals surface area contributed by atoms with Gasteiger partial charge in [-0.2, -0.15) is 0 Å². The molecule has 1 heterocycles. The number of aromatic amines is 1. The molecule has 1 aromatic carbocycles. The molecule has 3 nitrogen and oxygen atoms in total. The van der Waals surface area contributed by atoms with Gasteiger partial charge in [0.05, 0.1) is 0 Å². The molecule has 1 aliphatic carbocycles. The van der Waals surface area contributed by atoms with Crippen LogP contribution in [0.15, 0.2) is 47.3 Å². The highest BCUT2D eigenvalue weighted by Crippen LogP contribution is 2.19. The van der Waals surface area contributed by atoms with E-state index in [0.29, 0.717) is 12.6 Å². The van der Waals surface area contributed by atoms with Crippen molar-refractivity contribution in [1.82, 2.24) is 10.3 Å². The van der Waals surface area contributed by atoms with Gasteiger partial charge in [-0.25, -0.2) is 0 Å². The van der Waals surface area contributed by atoms with Gasteiger partial charge in [0, 0.05) is 23.8 Å². The third-order valence-electron chi connectivity index (χ3n) is 3.23. The van der Waals surface area contributed by atoms with Crippen molar-refractivity contribution in [1.29, 1.82) is 0 Å². The highest BCUT2D eigenvalue weighted by molar-refractivity contribution is 5.58. The molecule has 2 aromatic rings. The Bertz CT molecular complexity index is 585. The molecule has 92 valence electrons. The van der Waals surface area contributed by atoms with Crippen LogP contribution in [-0.4, -0.2) is 11.0 Å². The van der Waals surface area contributed by atoms with E-state index in [1.807, 2.05) is 42.5 Å². The number of rotatable bonds is 4. The molecule has 0 amide bonds. The van der Waals surface area contributed by atoms with Crippen molar-refractivity contribution in [2.45, 2.75) is 25.4 Å². The highest BCUT2D eigenvalue weighted by atomic mass is 16.1. The van der Waals surface area contributed by atoms with E-state index in [9.17, 15) is 4.79 Å². The second-order valence-electron chi connectivity index (χ2n) is 4.75. The summed E-state index contributed by atoms with van der Waals surface area (Å²) >= 11 is 0. The molecular weight excluding hydrogens is 224 g/mol. The number of nitrogens with one attached hydrogen (secondary N) is 2. The van der Waals surface area contributed by atoms with Gasteiger partial charge in [0.15, 0.2) is 0 Å². The molecule has 1 aliphatic rings. The molecule has 0 unspecified atom stereocenters. The number of aromatic nitrogens is 1. The number of pyridine rings is 1. The monoisotopic (exact) mass is 240 g/mol. The summed E-state index contributed by atoms with van der Waals surface area (Å²) in [5.41, 5.74) is 2.72. The summed E-state index contributed by atoms with van der Waals surface area (Å²) in [5.74, 6) is 0. The van der Waals surface area contributed by atoms with Crippen molar-refractivity contribution < 1.29 is 0 Å². The Morgan fingerprint density at radius 1 is 1.11 bits per heavy atom. The zero-order chi connectivity index (χ0) is 12.4. The van der Waals surface area contributed by atoms with Crippen molar-refractivity contribution in [3.63, 3.8) is 0 Å². The average molecular weight is 240 g/mol. The standard InChI is InChI=1S/C15H16N2O/c18-15-12(10-16-13-7-8-13)6-9-14(17-15)11-4-2-1-3-5-11/h1-6,9,13,16H,7-8,10H2,(H,17,18). The molecular formula is C15H16N2O. The van der Waals surface area contributed by atoms with Crippen LogP contribution in [0.5, 0.6) is 0 Å². The average Bonchev–Trinajstić information content (AvgIpc) is 3.22. The lowest BCUT2D eigenvalue weighted by Gasteiger charge is -2.05. The molecule has 2 N–H and O–H groups in total. The third-order valence-corrected chi connectivity index (χ3v) is 3.23. The van der Waals surface area contributed by atoms with Gasteiger partial charge in [0.25, 0.3) is 5.56 Å². The molecule has 0 bridgehead atoms. The Kier molecular flexibility index (Phi) is 2.99. The lowest BCUT2D eigenvalue weighted by atomic mass is 10.1. The first-order valence-electron chi connectivity index (χ1n) is 6.34. The van der Waals surface area contributed by atoms with Gasteiger partial charge >= 0.3 is 0 Å². The molecule has 1 aromatic heterocycles. The van der Waals surface area contributed by atoms with E-state index < -0.39 is 0 Å². The Balaban J connectivity index is 1.82. The van der Waals surface area contributed by atoms with E-state index in [0.717, 1.165) is 16.8 Å². The minimum Gasteiger partial charge on any atom is -0.322 e. The molecule has 18 heavy (non-hydrogen) atoms. The molecule has 0 saturated heterocycles. The van der Waals surface area contributed by atoms with Gasteiger partial charge in [-0.3, -0.25) is 4.79 Å². The van der Waals surface area contributed by atoms with Crippen LogP contribution in [0.1, 0.15) is 18.4 Å². The number of H-pyrrole nitrogens is 1. The topological polar surface area (TPSA) is 44.9 Å².